The van der Waals surface area contributed by atoms with Crippen molar-refractivity contribution in [1.29, 1.82) is 0 Å². The molecule has 0 amide bonds. The Morgan fingerprint density at radius 3 is 2.43 bits per heavy atom. The molecule has 0 spiro atoms. The highest BCUT2D eigenvalue weighted by molar-refractivity contribution is 5.49. The number of rotatable bonds is 8. The Bertz CT molecular complexity index is 587. The summed E-state index contributed by atoms with van der Waals surface area (Å²) in [6.07, 6.45) is -0.522. The molecule has 0 fully saturated rings. The van der Waals surface area contributed by atoms with Crippen LogP contribution in [0.3, 0.4) is 0 Å². The lowest BCUT2D eigenvalue weighted by atomic mass is 10.2. The van der Waals surface area contributed by atoms with Crippen LogP contribution in [0.4, 0.5) is 5.69 Å². The molecule has 1 unspecified atom stereocenters. The predicted octanol–water partition coefficient (Wildman–Crippen LogP) is 2.62. The molecule has 0 aromatic heterocycles. The zero-order chi connectivity index (χ0) is 16.7. The molecule has 2 aromatic carbocycles. The van der Waals surface area contributed by atoms with Crippen molar-refractivity contribution in [1.82, 2.24) is 4.90 Å². The number of hydrogen-bond acceptors (Lipinski definition) is 4. The standard InChI is InChI=1S/C19H26N2O2/c1-20(2)17-10-7-11-19(12-17)23-15-18(22)14-21(3)13-16-8-5-4-6-9-16/h4-12,18,22H,13-15H2,1-3H3. The quantitative estimate of drug-likeness (QED) is 0.812. The minimum absolute atomic E-state index is 0.288. The third-order valence-electron chi connectivity index (χ3n) is 3.59. The van der Waals surface area contributed by atoms with Crippen molar-refractivity contribution in [2.24, 2.45) is 0 Å². The summed E-state index contributed by atoms with van der Waals surface area (Å²) in [5.74, 6) is 0.779. The Morgan fingerprint density at radius 1 is 1.00 bits per heavy atom. The molecule has 0 aliphatic carbocycles. The van der Waals surface area contributed by atoms with Crippen LogP contribution < -0.4 is 9.64 Å². The molecule has 4 nitrogen and oxygen atoms in total. The van der Waals surface area contributed by atoms with Crippen molar-refractivity contribution >= 4 is 5.69 Å². The number of anilines is 1. The molecule has 2 aromatic rings. The van der Waals surface area contributed by atoms with Gasteiger partial charge < -0.3 is 14.7 Å². The molecule has 4 heteroatoms. The maximum Gasteiger partial charge on any atom is 0.121 e. The van der Waals surface area contributed by atoms with Gasteiger partial charge in [-0.2, -0.15) is 0 Å². The predicted molar refractivity (Wildman–Crippen MR) is 95.0 cm³/mol. The lowest BCUT2D eigenvalue weighted by molar-refractivity contribution is 0.0744. The number of likely N-dealkylation sites (N-methyl/N-ethyl adjacent to an activating group) is 1. The molecule has 1 atom stereocenters. The van der Waals surface area contributed by atoms with Crippen molar-refractivity contribution in [3.63, 3.8) is 0 Å². The monoisotopic (exact) mass is 314 g/mol. The number of benzene rings is 2. The second-order valence-electron chi connectivity index (χ2n) is 6.04. The third-order valence-corrected chi connectivity index (χ3v) is 3.59. The van der Waals surface area contributed by atoms with Gasteiger partial charge in [0.25, 0.3) is 0 Å². The molecule has 1 N–H and O–H groups in total. The molecule has 0 saturated heterocycles. The summed E-state index contributed by atoms with van der Waals surface area (Å²) in [4.78, 5) is 4.12. The van der Waals surface area contributed by atoms with E-state index in [0.29, 0.717) is 6.54 Å². The second kappa shape index (κ2) is 8.56. The first kappa shape index (κ1) is 17.3. The van der Waals surface area contributed by atoms with Crippen molar-refractivity contribution in [3.05, 3.63) is 60.2 Å². The topological polar surface area (TPSA) is 35.9 Å². The second-order valence-corrected chi connectivity index (χ2v) is 6.04. The van der Waals surface area contributed by atoms with Gasteiger partial charge in [-0.05, 0) is 24.7 Å². The van der Waals surface area contributed by atoms with E-state index in [1.807, 2.05) is 68.5 Å². The van der Waals surface area contributed by atoms with Crippen molar-refractivity contribution in [2.75, 3.05) is 39.2 Å². The van der Waals surface area contributed by atoms with E-state index in [9.17, 15) is 5.11 Å². The van der Waals surface area contributed by atoms with Crippen LogP contribution in [-0.4, -0.2) is 50.4 Å². The Morgan fingerprint density at radius 2 is 1.74 bits per heavy atom. The van der Waals surface area contributed by atoms with Gasteiger partial charge in [0.05, 0.1) is 0 Å². The van der Waals surface area contributed by atoms with E-state index in [0.717, 1.165) is 18.0 Å². The van der Waals surface area contributed by atoms with Crippen LogP contribution in [0.1, 0.15) is 5.56 Å². The smallest absolute Gasteiger partial charge is 0.121 e. The van der Waals surface area contributed by atoms with Gasteiger partial charge in [-0.15, -0.1) is 0 Å². The number of hydrogen-bond donors (Lipinski definition) is 1. The largest absolute Gasteiger partial charge is 0.491 e. The van der Waals surface area contributed by atoms with Gasteiger partial charge in [0.15, 0.2) is 0 Å². The van der Waals surface area contributed by atoms with Gasteiger partial charge in [-0.3, -0.25) is 4.90 Å². The first-order valence-corrected chi connectivity index (χ1v) is 7.85. The molecule has 2 rings (SSSR count). The van der Waals surface area contributed by atoms with Crippen LogP contribution in [0.5, 0.6) is 5.75 Å². The highest BCUT2D eigenvalue weighted by Gasteiger charge is 2.10. The summed E-state index contributed by atoms with van der Waals surface area (Å²) < 4.78 is 5.71. The Balaban J connectivity index is 1.78. The van der Waals surface area contributed by atoms with Crippen LogP contribution in [0.25, 0.3) is 0 Å². The molecule has 23 heavy (non-hydrogen) atoms. The Hall–Kier alpha value is -2.04. The van der Waals surface area contributed by atoms with E-state index < -0.39 is 6.10 Å². The van der Waals surface area contributed by atoms with E-state index in [1.54, 1.807) is 0 Å². The molecular weight excluding hydrogens is 288 g/mol. The molecule has 0 aliphatic rings. The van der Waals surface area contributed by atoms with Crippen LogP contribution >= 0.6 is 0 Å². The maximum atomic E-state index is 10.2. The molecule has 0 radical (unpaired) electrons. The molecule has 0 aliphatic heterocycles. The van der Waals surface area contributed by atoms with Crippen LogP contribution in [-0.2, 0) is 6.54 Å². The summed E-state index contributed by atoms with van der Waals surface area (Å²) >= 11 is 0. The first-order chi connectivity index (χ1) is 11.0. The number of ether oxygens (including phenoxy) is 1. The van der Waals surface area contributed by atoms with Gasteiger partial charge >= 0.3 is 0 Å². The fourth-order valence-electron chi connectivity index (χ4n) is 2.42. The van der Waals surface area contributed by atoms with Crippen LogP contribution in [0.15, 0.2) is 54.6 Å². The summed E-state index contributed by atoms with van der Waals surface area (Å²) in [6, 6.07) is 18.1. The number of nitrogens with zero attached hydrogens (tertiary/aromatic N) is 2. The minimum atomic E-state index is -0.522. The zero-order valence-corrected chi connectivity index (χ0v) is 14.1. The average Bonchev–Trinajstić information content (AvgIpc) is 2.54. The van der Waals surface area contributed by atoms with Crippen molar-refractivity contribution in [2.45, 2.75) is 12.6 Å². The number of aliphatic hydroxyl groups excluding tert-OH is 1. The molecule has 0 heterocycles. The average molecular weight is 314 g/mol. The van der Waals surface area contributed by atoms with Gasteiger partial charge in [0.2, 0.25) is 0 Å². The molecular formula is C19H26N2O2. The maximum absolute atomic E-state index is 10.2. The van der Waals surface area contributed by atoms with E-state index in [4.69, 9.17) is 4.74 Å². The normalized spacial score (nSPS) is 12.2. The van der Waals surface area contributed by atoms with Crippen molar-refractivity contribution in [3.8, 4) is 5.75 Å². The van der Waals surface area contributed by atoms with Gasteiger partial charge in [0, 0.05) is 38.9 Å². The fraction of sp³-hybridized carbons (Fsp3) is 0.368. The Labute approximate surface area is 138 Å². The van der Waals surface area contributed by atoms with Crippen LogP contribution in [0.2, 0.25) is 0 Å². The molecule has 0 saturated carbocycles. The Kier molecular flexibility index (Phi) is 6.44. The highest BCUT2D eigenvalue weighted by atomic mass is 16.5. The van der Waals surface area contributed by atoms with E-state index in [2.05, 4.69) is 17.0 Å². The SMILES string of the molecule is CN(Cc1ccccc1)CC(O)COc1cccc(N(C)C)c1. The van der Waals surface area contributed by atoms with Gasteiger partial charge in [-0.25, -0.2) is 0 Å². The molecule has 124 valence electrons. The van der Waals surface area contributed by atoms with Crippen LogP contribution in [0, 0.1) is 0 Å². The third kappa shape index (κ3) is 5.93. The summed E-state index contributed by atoms with van der Waals surface area (Å²) in [5.41, 5.74) is 2.32. The van der Waals surface area contributed by atoms with E-state index >= 15 is 0 Å². The van der Waals surface area contributed by atoms with Gasteiger partial charge in [0.1, 0.15) is 18.5 Å². The number of aliphatic hydroxyl groups is 1. The summed E-state index contributed by atoms with van der Waals surface area (Å²) in [5, 5.41) is 10.2. The van der Waals surface area contributed by atoms with Crippen molar-refractivity contribution < 1.29 is 9.84 Å². The lowest BCUT2D eigenvalue weighted by Gasteiger charge is -2.21. The first-order valence-electron chi connectivity index (χ1n) is 7.85. The van der Waals surface area contributed by atoms with E-state index in [-0.39, 0.29) is 6.61 Å². The molecule has 0 bridgehead atoms. The van der Waals surface area contributed by atoms with Gasteiger partial charge in [-0.1, -0.05) is 36.4 Å². The summed E-state index contributed by atoms with van der Waals surface area (Å²) in [7, 11) is 5.99. The fourth-order valence-corrected chi connectivity index (χ4v) is 2.42. The van der Waals surface area contributed by atoms with E-state index in [1.165, 1.54) is 5.56 Å². The lowest BCUT2D eigenvalue weighted by Crippen LogP contribution is -2.32. The summed E-state index contributed by atoms with van der Waals surface area (Å²) in [6.45, 7) is 1.67. The zero-order valence-electron chi connectivity index (χ0n) is 14.1. The highest BCUT2D eigenvalue weighted by Crippen LogP contribution is 2.19. The minimum Gasteiger partial charge on any atom is -0.491 e.